The molecule has 0 radical (unpaired) electrons. The summed E-state index contributed by atoms with van der Waals surface area (Å²) in [6.45, 7) is 2.26. The summed E-state index contributed by atoms with van der Waals surface area (Å²) in [6.07, 6.45) is 8.49. The molecule has 1 saturated heterocycles. The molecular weight excluding hydrogens is 258 g/mol. The lowest BCUT2D eigenvalue weighted by atomic mass is 9.78. The summed E-state index contributed by atoms with van der Waals surface area (Å²) < 4.78 is 0. The summed E-state index contributed by atoms with van der Waals surface area (Å²) in [7, 11) is 0. The standard InChI is InChI=1S/C19H25NO/c21-14-4-5-16-9-11-17(12-10-16)15-20-13-3-7-18-6-1-2-8-19(18)20/h9-12,18-19,21H,1-3,6-8,13-15H2. The first-order chi connectivity index (χ1) is 10.4. The highest BCUT2D eigenvalue weighted by Gasteiger charge is 2.32. The van der Waals surface area contributed by atoms with Crippen molar-refractivity contribution in [3.63, 3.8) is 0 Å². The van der Waals surface area contributed by atoms with Crippen molar-refractivity contribution in [1.29, 1.82) is 0 Å². The fourth-order valence-corrected chi connectivity index (χ4v) is 3.99. The Morgan fingerprint density at radius 2 is 1.81 bits per heavy atom. The van der Waals surface area contributed by atoms with Crippen LogP contribution in [0.15, 0.2) is 24.3 Å². The van der Waals surface area contributed by atoms with Crippen molar-refractivity contribution in [3.8, 4) is 11.8 Å². The minimum atomic E-state index is -0.0708. The van der Waals surface area contributed by atoms with E-state index in [2.05, 4.69) is 41.0 Å². The Balaban J connectivity index is 1.65. The van der Waals surface area contributed by atoms with Crippen LogP contribution in [-0.4, -0.2) is 29.2 Å². The first-order valence-electron chi connectivity index (χ1n) is 8.29. The number of aliphatic hydroxyl groups is 1. The van der Waals surface area contributed by atoms with Crippen molar-refractivity contribution in [2.75, 3.05) is 13.2 Å². The number of hydrogen-bond acceptors (Lipinski definition) is 2. The highest BCUT2D eigenvalue weighted by molar-refractivity contribution is 5.36. The predicted molar refractivity (Wildman–Crippen MR) is 85.8 cm³/mol. The zero-order valence-electron chi connectivity index (χ0n) is 12.7. The molecule has 2 fully saturated rings. The van der Waals surface area contributed by atoms with E-state index in [1.54, 1.807) is 0 Å². The first kappa shape index (κ1) is 14.6. The number of likely N-dealkylation sites (tertiary alicyclic amines) is 1. The van der Waals surface area contributed by atoms with Crippen LogP contribution in [0.2, 0.25) is 0 Å². The molecule has 1 N–H and O–H groups in total. The predicted octanol–water partition coefficient (Wildman–Crippen LogP) is 3.19. The maximum absolute atomic E-state index is 8.73. The first-order valence-corrected chi connectivity index (χ1v) is 8.29. The molecule has 1 saturated carbocycles. The highest BCUT2D eigenvalue weighted by atomic mass is 16.2. The van der Waals surface area contributed by atoms with Crippen molar-refractivity contribution in [3.05, 3.63) is 35.4 Å². The molecule has 3 rings (SSSR count). The Labute approximate surface area is 128 Å². The largest absolute Gasteiger partial charge is 0.384 e. The maximum atomic E-state index is 8.73. The molecule has 0 amide bonds. The lowest BCUT2D eigenvalue weighted by Crippen LogP contribution is -2.46. The van der Waals surface area contributed by atoms with Gasteiger partial charge in [0.15, 0.2) is 0 Å². The molecule has 112 valence electrons. The smallest absolute Gasteiger partial charge is 0.104 e. The molecule has 0 bridgehead atoms. The summed E-state index contributed by atoms with van der Waals surface area (Å²) >= 11 is 0. The Morgan fingerprint density at radius 1 is 1.05 bits per heavy atom. The van der Waals surface area contributed by atoms with Crippen molar-refractivity contribution >= 4 is 0 Å². The van der Waals surface area contributed by atoms with E-state index in [0.717, 1.165) is 24.1 Å². The van der Waals surface area contributed by atoms with Gasteiger partial charge in [0, 0.05) is 18.2 Å². The quantitative estimate of drug-likeness (QED) is 0.843. The minimum absolute atomic E-state index is 0.0708. The summed E-state index contributed by atoms with van der Waals surface area (Å²) in [4.78, 5) is 2.71. The van der Waals surface area contributed by atoms with E-state index in [0.29, 0.717) is 0 Å². The number of piperidine rings is 1. The molecule has 1 aliphatic heterocycles. The highest BCUT2D eigenvalue weighted by Crippen LogP contribution is 2.35. The van der Waals surface area contributed by atoms with Gasteiger partial charge in [-0.3, -0.25) is 4.90 Å². The van der Waals surface area contributed by atoms with Gasteiger partial charge in [-0.05, 0) is 55.8 Å². The van der Waals surface area contributed by atoms with Crippen molar-refractivity contribution in [2.24, 2.45) is 5.92 Å². The van der Waals surface area contributed by atoms with Crippen molar-refractivity contribution in [1.82, 2.24) is 4.90 Å². The van der Waals surface area contributed by atoms with Crippen LogP contribution >= 0.6 is 0 Å². The zero-order chi connectivity index (χ0) is 14.5. The fourth-order valence-electron chi connectivity index (χ4n) is 3.99. The summed E-state index contributed by atoms with van der Waals surface area (Å²) in [5.41, 5.74) is 2.37. The SMILES string of the molecule is OCC#Cc1ccc(CN2CCCC3CCCCC32)cc1. The van der Waals surface area contributed by atoms with Crippen molar-refractivity contribution in [2.45, 2.75) is 51.1 Å². The molecule has 2 aliphatic rings. The third-order valence-corrected chi connectivity index (χ3v) is 5.01. The van der Waals surface area contributed by atoms with Crippen LogP contribution in [-0.2, 0) is 6.54 Å². The topological polar surface area (TPSA) is 23.5 Å². The van der Waals surface area contributed by atoms with Crippen LogP contribution in [0.5, 0.6) is 0 Å². The molecule has 2 nitrogen and oxygen atoms in total. The molecule has 0 spiro atoms. The monoisotopic (exact) mass is 283 g/mol. The molecular formula is C19H25NO. The Kier molecular flexibility index (Phi) is 4.95. The third kappa shape index (κ3) is 3.67. The summed E-state index contributed by atoms with van der Waals surface area (Å²) in [5.74, 6) is 6.60. The van der Waals surface area contributed by atoms with Gasteiger partial charge in [0.1, 0.15) is 6.61 Å². The van der Waals surface area contributed by atoms with E-state index in [1.807, 2.05) is 0 Å². The van der Waals surface area contributed by atoms with Crippen LogP contribution in [0.4, 0.5) is 0 Å². The van der Waals surface area contributed by atoms with E-state index in [-0.39, 0.29) is 6.61 Å². The molecule has 1 aromatic carbocycles. The van der Waals surface area contributed by atoms with Crippen molar-refractivity contribution < 1.29 is 5.11 Å². The van der Waals surface area contributed by atoms with Gasteiger partial charge in [-0.25, -0.2) is 0 Å². The zero-order valence-corrected chi connectivity index (χ0v) is 12.7. The second-order valence-corrected chi connectivity index (χ2v) is 6.38. The van der Waals surface area contributed by atoms with Gasteiger partial charge in [0.25, 0.3) is 0 Å². The lowest BCUT2D eigenvalue weighted by molar-refractivity contribution is 0.0547. The Hall–Kier alpha value is -1.30. The summed E-state index contributed by atoms with van der Waals surface area (Å²) in [5, 5.41) is 8.73. The van der Waals surface area contributed by atoms with E-state index in [9.17, 15) is 0 Å². The maximum Gasteiger partial charge on any atom is 0.104 e. The van der Waals surface area contributed by atoms with E-state index in [4.69, 9.17) is 5.11 Å². The normalized spacial score (nSPS) is 25.8. The van der Waals surface area contributed by atoms with Gasteiger partial charge in [-0.1, -0.05) is 36.8 Å². The molecule has 2 atom stereocenters. The van der Waals surface area contributed by atoms with Crippen LogP contribution < -0.4 is 0 Å². The molecule has 2 unspecified atom stereocenters. The van der Waals surface area contributed by atoms with E-state index in [1.165, 1.54) is 50.6 Å². The van der Waals surface area contributed by atoms with Crippen LogP contribution in [0.3, 0.4) is 0 Å². The second-order valence-electron chi connectivity index (χ2n) is 6.38. The van der Waals surface area contributed by atoms with Crippen LogP contribution in [0.1, 0.15) is 49.7 Å². The lowest BCUT2D eigenvalue weighted by Gasteiger charge is -2.44. The fraction of sp³-hybridized carbons (Fsp3) is 0.579. The van der Waals surface area contributed by atoms with Crippen LogP contribution in [0, 0.1) is 17.8 Å². The number of rotatable bonds is 2. The number of benzene rings is 1. The molecule has 2 heteroatoms. The average molecular weight is 283 g/mol. The van der Waals surface area contributed by atoms with E-state index >= 15 is 0 Å². The summed E-state index contributed by atoms with van der Waals surface area (Å²) in [6, 6.07) is 9.34. The van der Waals surface area contributed by atoms with Gasteiger partial charge < -0.3 is 5.11 Å². The second kappa shape index (κ2) is 7.11. The number of nitrogens with zero attached hydrogens (tertiary/aromatic N) is 1. The average Bonchev–Trinajstić information content (AvgIpc) is 2.55. The van der Waals surface area contributed by atoms with Crippen LogP contribution in [0.25, 0.3) is 0 Å². The number of aliphatic hydroxyl groups excluding tert-OH is 1. The van der Waals surface area contributed by atoms with Gasteiger partial charge >= 0.3 is 0 Å². The molecule has 1 aliphatic carbocycles. The van der Waals surface area contributed by atoms with Gasteiger partial charge in [0.2, 0.25) is 0 Å². The number of hydrogen-bond donors (Lipinski definition) is 1. The minimum Gasteiger partial charge on any atom is -0.384 e. The van der Waals surface area contributed by atoms with Gasteiger partial charge in [-0.2, -0.15) is 0 Å². The van der Waals surface area contributed by atoms with E-state index < -0.39 is 0 Å². The van der Waals surface area contributed by atoms with Gasteiger partial charge in [0.05, 0.1) is 0 Å². The number of fused-ring (bicyclic) bond motifs is 1. The Morgan fingerprint density at radius 3 is 2.62 bits per heavy atom. The third-order valence-electron chi connectivity index (χ3n) is 5.01. The van der Waals surface area contributed by atoms with Gasteiger partial charge in [-0.15, -0.1) is 0 Å². The molecule has 0 aromatic heterocycles. The molecule has 1 aromatic rings. The molecule has 21 heavy (non-hydrogen) atoms. The molecule has 1 heterocycles. The Bertz CT molecular complexity index is 509.